The molecule has 1 aliphatic rings. The van der Waals surface area contributed by atoms with Gasteiger partial charge in [0.1, 0.15) is 0 Å². The second-order valence-electron chi connectivity index (χ2n) is 5.15. The number of halogens is 7. The van der Waals surface area contributed by atoms with Gasteiger partial charge in [-0.25, -0.2) is 0 Å². The Hall–Kier alpha value is -0.990. The van der Waals surface area contributed by atoms with Crippen LogP contribution in [0.1, 0.15) is 35.6 Å². The van der Waals surface area contributed by atoms with Crippen LogP contribution in [-0.2, 0) is 12.4 Å². The highest BCUT2D eigenvalue weighted by molar-refractivity contribution is 5.85. The van der Waals surface area contributed by atoms with E-state index in [1.54, 1.807) is 0 Å². The van der Waals surface area contributed by atoms with E-state index in [9.17, 15) is 31.4 Å². The summed E-state index contributed by atoms with van der Waals surface area (Å²) in [6.07, 6.45) is -9.74. The Kier molecular flexibility index (Phi) is 5.42. The third-order valence-electron chi connectivity index (χ3n) is 3.52. The summed E-state index contributed by atoms with van der Waals surface area (Å²) >= 11 is 0. The zero-order chi connectivity index (χ0) is 16.0. The summed E-state index contributed by atoms with van der Waals surface area (Å²) < 4.78 is 76.5. The number of benzene rings is 1. The van der Waals surface area contributed by atoms with E-state index in [0.717, 1.165) is 0 Å². The van der Waals surface area contributed by atoms with Gasteiger partial charge in [0, 0.05) is 0 Å². The smallest absolute Gasteiger partial charge is 0.391 e. The van der Waals surface area contributed by atoms with E-state index in [4.69, 9.17) is 5.73 Å². The molecule has 0 spiro atoms. The van der Waals surface area contributed by atoms with Gasteiger partial charge in [-0.15, -0.1) is 12.4 Å². The van der Waals surface area contributed by atoms with E-state index >= 15 is 0 Å². The zero-order valence-electron chi connectivity index (χ0n) is 11.1. The van der Waals surface area contributed by atoms with Crippen molar-refractivity contribution in [2.45, 2.75) is 37.3 Å². The fourth-order valence-electron chi connectivity index (χ4n) is 2.18. The van der Waals surface area contributed by atoms with Crippen molar-refractivity contribution in [3.63, 3.8) is 0 Å². The molecule has 3 N–H and O–H groups in total. The van der Waals surface area contributed by atoms with Crippen LogP contribution in [0.25, 0.3) is 0 Å². The molecule has 2 nitrogen and oxygen atoms in total. The lowest BCUT2D eigenvalue weighted by molar-refractivity contribution is -0.143. The monoisotopic (exact) mass is 349 g/mol. The molecule has 0 bridgehead atoms. The topological polar surface area (TPSA) is 46.2 Å². The number of aliphatic hydroxyl groups is 1. The lowest BCUT2D eigenvalue weighted by Gasteiger charge is -2.23. The SMILES string of the molecule is Cl.N[C@H](c1ccc(C(F)(F)F)cc1C(F)(F)F)[C@@H](O)C1CC1. The largest absolute Gasteiger partial charge is 0.416 e. The second-order valence-corrected chi connectivity index (χ2v) is 5.15. The molecule has 0 unspecified atom stereocenters. The summed E-state index contributed by atoms with van der Waals surface area (Å²) in [5, 5.41) is 9.82. The first-order valence-corrected chi connectivity index (χ1v) is 6.24. The molecule has 2 rings (SSSR count). The highest BCUT2D eigenvalue weighted by Crippen LogP contribution is 2.42. The number of rotatable bonds is 3. The van der Waals surface area contributed by atoms with Crippen LogP contribution < -0.4 is 5.73 Å². The molecule has 0 aromatic heterocycles. The lowest BCUT2D eigenvalue weighted by atomic mass is 9.93. The van der Waals surface area contributed by atoms with Crippen molar-refractivity contribution < 1.29 is 31.4 Å². The minimum absolute atomic E-state index is 0. The maximum Gasteiger partial charge on any atom is 0.416 e. The fraction of sp³-hybridized carbons (Fsp3) is 0.538. The van der Waals surface area contributed by atoms with E-state index in [0.29, 0.717) is 25.0 Å². The summed E-state index contributed by atoms with van der Waals surface area (Å²) in [6.45, 7) is 0. The molecular weight excluding hydrogens is 336 g/mol. The van der Waals surface area contributed by atoms with Crippen molar-refractivity contribution in [1.29, 1.82) is 0 Å². The van der Waals surface area contributed by atoms with Crippen LogP contribution in [0.15, 0.2) is 18.2 Å². The molecule has 1 fully saturated rings. The number of nitrogens with two attached hydrogens (primary N) is 1. The zero-order valence-corrected chi connectivity index (χ0v) is 11.9. The Bertz CT molecular complexity index is 526. The quantitative estimate of drug-likeness (QED) is 0.813. The van der Waals surface area contributed by atoms with Gasteiger partial charge < -0.3 is 10.8 Å². The third kappa shape index (κ3) is 4.05. The molecule has 9 heteroatoms. The molecule has 1 aliphatic carbocycles. The van der Waals surface area contributed by atoms with Crippen molar-refractivity contribution in [3.8, 4) is 0 Å². The van der Waals surface area contributed by atoms with Gasteiger partial charge in [-0.05, 0) is 36.5 Å². The van der Waals surface area contributed by atoms with E-state index in [2.05, 4.69) is 0 Å². The van der Waals surface area contributed by atoms with Crippen LogP contribution >= 0.6 is 12.4 Å². The van der Waals surface area contributed by atoms with Crippen LogP contribution in [0.3, 0.4) is 0 Å². The van der Waals surface area contributed by atoms with Crippen molar-refractivity contribution in [1.82, 2.24) is 0 Å². The average Bonchev–Trinajstić information content (AvgIpc) is 3.18. The van der Waals surface area contributed by atoms with E-state index in [-0.39, 0.29) is 24.4 Å². The molecule has 1 saturated carbocycles. The minimum atomic E-state index is -4.97. The van der Waals surface area contributed by atoms with Gasteiger partial charge in [-0.3, -0.25) is 0 Å². The molecule has 0 heterocycles. The Morgan fingerprint density at radius 1 is 1.05 bits per heavy atom. The Balaban J connectivity index is 0.00000242. The summed E-state index contributed by atoms with van der Waals surface area (Å²) in [5.41, 5.74) is 2.24. The first-order chi connectivity index (χ1) is 9.51. The lowest BCUT2D eigenvalue weighted by Crippen LogP contribution is -2.30. The predicted molar refractivity (Wildman–Crippen MR) is 69.4 cm³/mol. The first-order valence-electron chi connectivity index (χ1n) is 6.24. The summed E-state index contributed by atoms with van der Waals surface area (Å²) in [6, 6.07) is -0.0859. The van der Waals surface area contributed by atoms with Gasteiger partial charge in [-0.2, -0.15) is 26.3 Å². The second kappa shape index (κ2) is 6.25. The van der Waals surface area contributed by atoms with Gasteiger partial charge in [0.25, 0.3) is 0 Å². The van der Waals surface area contributed by atoms with Crippen molar-refractivity contribution in [2.24, 2.45) is 11.7 Å². The standard InChI is InChI=1S/C13H13F6NO.ClH/c14-12(15,16)7-3-4-8(9(5-7)13(17,18)19)10(20)11(21)6-1-2-6;/h3-6,10-11,21H,1-2,20H2;1H/t10-,11+;/m1./s1. The van der Waals surface area contributed by atoms with E-state index < -0.39 is 41.2 Å². The number of aliphatic hydroxyl groups excluding tert-OH is 1. The normalized spacial score (nSPS) is 18.5. The average molecular weight is 350 g/mol. The third-order valence-corrected chi connectivity index (χ3v) is 3.52. The van der Waals surface area contributed by atoms with Gasteiger partial charge in [0.05, 0.1) is 23.3 Å². The van der Waals surface area contributed by atoms with Gasteiger partial charge in [0.2, 0.25) is 0 Å². The highest BCUT2D eigenvalue weighted by atomic mass is 35.5. The molecule has 22 heavy (non-hydrogen) atoms. The molecule has 1 aromatic carbocycles. The molecule has 0 amide bonds. The van der Waals surface area contributed by atoms with E-state index in [1.807, 2.05) is 0 Å². The Labute approximate surface area is 128 Å². The molecule has 2 atom stereocenters. The number of alkyl halides is 6. The van der Waals surface area contributed by atoms with Crippen LogP contribution in [0.5, 0.6) is 0 Å². The van der Waals surface area contributed by atoms with E-state index in [1.165, 1.54) is 0 Å². The predicted octanol–water partition coefficient (Wildman–Crippen LogP) is 3.92. The fourth-order valence-corrected chi connectivity index (χ4v) is 2.18. The van der Waals surface area contributed by atoms with Gasteiger partial charge in [-0.1, -0.05) is 6.07 Å². The van der Waals surface area contributed by atoms with Crippen LogP contribution in [0.4, 0.5) is 26.3 Å². The van der Waals surface area contributed by atoms with Crippen molar-refractivity contribution in [2.75, 3.05) is 0 Å². The minimum Gasteiger partial charge on any atom is -0.391 e. The maximum absolute atomic E-state index is 13.0. The van der Waals surface area contributed by atoms with Crippen molar-refractivity contribution in [3.05, 3.63) is 34.9 Å². The van der Waals surface area contributed by atoms with Crippen LogP contribution in [0, 0.1) is 5.92 Å². The molecular formula is C13H14ClF6NO. The molecule has 1 aromatic rings. The molecule has 0 saturated heterocycles. The number of hydrogen-bond acceptors (Lipinski definition) is 2. The highest BCUT2D eigenvalue weighted by Gasteiger charge is 2.42. The maximum atomic E-state index is 13.0. The summed E-state index contributed by atoms with van der Waals surface area (Å²) in [7, 11) is 0. The summed E-state index contributed by atoms with van der Waals surface area (Å²) in [4.78, 5) is 0. The summed E-state index contributed by atoms with van der Waals surface area (Å²) in [5.74, 6) is -0.191. The van der Waals surface area contributed by atoms with Crippen molar-refractivity contribution >= 4 is 12.4 Å². The Morgan fingerprint density at radius 2 is 1.59 bits per heavy atom. The molecule has 0 radical (unpaired) electrons. The van der Waals surface area contributed by atoms with Crippen LogP contribution in [-0.4, -0.2) is 11.2 Å². The molecule has 126 valence electrons. The van der Waals surface area contributed by atoms with Crippen LogP contribution in [0.2, 0.25) is 0 Å². The van der Waals surface area contributed by atoms with Gasteiger partial charge >= 0.3 is 12.4 Å². The van der Waals surface area contributed by atoms with Gasteiger partial charge in [0.15, 0.2) is 0 Å². The number of hydrogen-bond donors (Lipinski definition) is 2. The first kappa shape index (κ1) is 19.1. The molecule has 0 aliphatic heterocycles. The Morgan fingerprint density at radius 3 is 2.00 bits per heavy atom.